The fourth-order valence-electron chi connectivity index (χ4n) is 5.92. The summed E-state index contributed by atoms with van der Waals surface area (Å²) in [5, 5.41) is 8.74. The predicted molar refractivity (Wildman–Crippen MR) is 145 cm³/mol. The Balaban J connectivity index is 1.19. The number of amides is 5. The van der Waals surface area contributed by atoms with Gasteiger partial charge in [0.15, 0.2) is 0 Å². The Labute approximate surface area is 227 Å². The first-order valence-electron chi connectivity index (χ1n) is 13.6. The van der Waals surface area contributed by atoms with E-state index in [9.17, 15) is 24.0 Å². The number of hydrogen-bond acceptors (Lipinski definition) is 6. The fraction of sp³-hybridized carbons (Fsp3) is 0.433. The summed E-state index contributed by atoms with van der Waals surface area (Å²) in [5.41, 5.74) is 5.88. The molecule has 0 radical (unpaired) electrons. The third kappa shape index (κ3) is 5.17. The van der Waals surface area contributed by atoms with Gasteiger partial charge in [-0.05, 0) is 87.3 Å². The van der Waals surface area contributed by atoms with Gasteiger partial charge in [0.25, 0.3) is 11.8 Å². The molecule has 3 N–H and O–H groups in total. The van der Waals surface area contributed by atoms with Gasteiger partial charge in [-0.3, -0.25) is 34.2 Å². The van der Waals surface area contributed by atoms with Crippen LogP contribution in [0.2, 0.25) is 0 Å². The smallest absolute Gasteiger partial charge is 0.264 e. The van der Waals surface area contributed by atoms with Crippen LogP contribution in [-0.2, 0) is 20.9 Å². The van der Waals surface area contributed by atoms with Crippen LogP contribution in [0.3, 0.4) is 0 Å². The minimum absolute atomic E-state index is 0.0514. The highest BCUT2D eigenvalue weighted by Crippen LogP contribution is 2.34. The van der Waals surface area contributed by atoms with Crippen LogP contribution in [0.4, 0.5) is 5.69 Å². The molecule has 0 aromatic heterocycles. The fourth-order valence-corrected chi connectivity index (χ4v) is 5.92. The van der Waals surface area contributed by atoms with E-state index in [2.05, 4.69) is 48.9 Å². The van der Waals surface area contributed by atoms with Gasteiger partial charge in [0.05, 0.1) is 11.1 Å². The van der Waals surface area contributed by atoms with Crippen molar-refractivity contribution in [2.24, 2.45) is 5.92 Å². The zero-order valence-corrected chi connectivity index (χ0v) is 22.6. The van der Waals surface area contributed by atoms with Crippen LogP contribution in [0.15, 0.2) is 30.3 Å². The molecule has 5 amide bonds. The van der Waals surface area contributed by atoms with Crippen molar-refractivity contribution in [1.29, 1.82) is 0 Å². The summed E-state index contributed by atoms with van der Waals surface area (Å²) in [4.78, 5) is 64.2. The minimum Gasteiger partial charge on any atom is -0.382 e. The average Bonchev–Trinajstić information content (AvgIpc) is 3.16. The highest BCUT2D eigenvalue weighted by Gasteiger charge is 2.45. The molecule has 5 rings (SSSR count). The molecule has 39 heavy (non-hydrogen) atoms. The monoisotopic (exact) mass is 530 g/mol. The van der Waals surface area contributed by atoms with Crippen LogP contribution in [0, 0.1) is 26.7 Å². The second-order valence-electron chi connectivity index (χ2n) is 10.9. The Morgan fingerprint density at radius 1 is 0.949 bits per heavy atom. The molecular formula is C30H34N4O5. The summed E-state index contributed by atoms with van der Waals surface area (Å²) >= 11 is 0. The van der Waals surface area contributed by atoms with Crippen molar-refractivity contribution in [2.75, 3.05) is 5.32 Å². The topological polar surface area (TPSA) is 125 Å². The van der Waals surface area contributed by atoms with Crippen molar-refractivity contribution in [3.8, 4) is 0 Å². The Kier molecular flexibility index (Phi) is 7.25. The molecule has 1 aliphatic carbocycles. The summed E-state index contributed by atoms with van der Waals surface area (Å²) in [7, 11) is 0. The number of rotatable bonds is 6. The number of carbonyl (C=O) groups is 5. The van der Waals surface area contributed by atoms with Crippen molar-refractivity contribution >= 4 is 35.2 Å². The molecule has 1 unspecified atom stereocenters. The third-order valence-corrected chi connectivity index (χ3v) is 8.38. The van der Waals surface area contributed by atoms with E-state index in [0.29, 0.717) is 12.2 Å². The van der Waals surface area contributed by atoms with Gasteiger partial charge in [0, 0.05) is 30.6 Å². The Morgan fingerprint density at radius 3 is 2.31 bits per heavy atom. The number of aryl methyl sites for hydroxylation is 2. The molecule has 2 aliphatic heterocycles. The summed E-state index contributed by atoms with van der Waals surface area (Å²) in [6.07, 6.45) is 3.15. The highest BCUT2D eigenvalue weighted by molar-refractivity contribution is 6.25. The van der Waals surface area contributed by atoms with Gasteiger partial charge in [0.1, 0.15) is 6.04 Å². The minimum atomic E-state index is -0.996. The van der Waals surface area contributed by atoms with E-state index in [1.54, 1.807) is 18.2 Å². The number of benzene rings is 2. The number of nitrogens with zero attached hydrogens (tertiary/aromatic N) is 1. The molecule has 0 bridgehead atoms. The van der Waals surface area contributed by atoms with Gasteiger partial charge in [-0.1, -0.05) is 18.2 Å². The summed E-state index contributed by atoms with van der Waals surface area (Å²) in [6, 6.07) is 8.37. The number of anilines is 1. The lowest BCUT2D eigenvalue weighted by atomic mass is 9.85. The zero-order chi connectivity index (χ0) is 27.8. The standard InChI is InChI=1S/C30H34N4O5/c1-16-13-19(14-17(2)18(16)3)15-31-27(36)20-7-9-21(10-8-20)32-23-6-4-5-22-26(23)30(39)34(29(22)38)24-11-12-25(35)33-28(24)37/h4-6,13-14,20-21,24,32H,7-12,15H2,1-3H3,(H,31,36)(H,33,35,37)/t20-,21-,24?. The molecule has 204 valence electrons. The van der Waals surface area contributed by atoms with E-state index >= 15 is 0 Å². The van der Waals surface area contributed by atoms with Crippen LogP contribution >= 0.6 is 0 Å². The van der Waals surface area contributed by atoms with Crippen LogP contribution in [0.5, 0.6) is 0 Å². The molecule has 3 aliphatic rings. The maximum absolute atomic E-state index is 13.3. The number of carbonyl (C=O) groups excluding carboxylic acids is 5. The number of imide groups is 2. The van der Waals surface area contributed by atoms with Crippen molar-refractivity contribution in [3.05, 3.63) is 63.7 Å². The number of hydrogen-bond donors (Lipinski definition) is 3. The van der Waals surface area contributed by atoms with Crippen molar-refractivity contribution in [1.82, 2.24) is 15.5 Å². The van der Waals surface area contributed by atoms with Crippen molar-refractivity contribution < 1.29 is 24.0 Å². The Hall–Kier alpha value is -4.01. The lowest BCUT2D eigenvalue weighted by molar-refractivity contribution is -0.136. The van der Waals surface area contributed by atoms with Gasteiger partial charge >= 0.3 is 0 Å². The Morgan fingerprint density at radius 2 is 1.64 bits per heavy atom. The number of nitrogens with one attached hydrogen (secondary N) is 3. The normalized spacial score (nSPS) is 22.9. The lowest BCUT2D eigenvalue weighted by Gasteiger charge is -2.30. The van der Waals surface area contributed by atoms with Gasteiger partial charge in [-0.15, -0.1) is 0 Å². The molecule has 2 fully saturated rings. The molecule has 0 spiro atoms. The third-order valence-electron chi connectivity index (χ3n) is 8.38. The summed E-state index contributed by atoms with van der Waals surface area (Å²) in [6.45, 7) is 6.78. The second-order valence-corrected chi connectivity index (χ2v) is 10.9. The molecule has 2 aromatic carbocycles. The molecule has 1 atom stereocenters. The largest absolute Gasteiger partial charge is 0.382 e. The second kappa shape index (κ2) is 10.6. The molecular weight excluding hydrogens is 496 g/mol. The molecule has 9 heteroatoms. The molecule has 2 aromatic rings. The van der Waals surface area contributed by atoms with Gasteiger partial charge in [-0.2, -0.15) is 0 Å². The molecule has 1 saturated carbocycles. The number of fused-ring (bicyclic) bond motifs is 1. The van der Waals surface area contributed by atoms with Crippen LogP contribution in [0.1, 0.15) is 81.5 Å². The predicted octanol–water partition coefficient (Wildman–Crippen LogP) is 3.30. The van der Waals surface area contributed by atoms with E-state index in [-0.39, 0.29) is 41.8 Å². The Bertz CT molecular complexity index is 1350. The van der Waals surface area contributed by atoms with Gasteiger partial charge in [-0.25, -0.2) is 0 Å². The highest BCUT2D eigenvalue weighted by atomic mass is 16.2. The first-order valence-corrected chi connectivity index (χ1v) is 13.6. The molecule has 9 nitrogen and oxygen atoms in total. The van der Waals surface area contributed by atoms with Crippen LogP contribution in [-0.4, -0.2) is 46.5 Å². The summed E-state index contributed by atoms with van der Waals surface area (Å²) < 4.78 is 0. The van der Waals surface area contributed by atoms with E-state index in [1.165, 1.54) is 16.7 Å². The average molecular weight is 531 g/mol. The van der Waals surface area contributed by atoms with Crippen molar-refractivity contribution in [2.45, 2.75) is 77.9 Å². The summed E-state index contributed by atoms with van der Waals surface area (Å²) in [5.74, 6) is -2.08. The van der Waals surface area contributed by atoms with Crippen molar-refractivity contribution in [3.63, 3.8) is 0 Å². The quantitative estimate of drug-likeness (QED) is 0.493. The molecule has 1 saturated heterocycles. The first kappa shape index (κ1) is 26.6. The number of piperidine rings is 1. The van der Waals surface area contributed by atoms with E-state index in [4.69, 9.17) is 0 Å². The maximum atomic E-state index is 13.3. The van der Waals surface area contributed by atoms with E-state index in [0.717, 1.165) is 36.1 Å². The van der Waals surface area contributed by atoms with E-state index in [1.807, 2.05) is 0 Å². The van der Waals surface area contributed by atoms with Crippen LogP contribution < -0.4 is 16.0 Å². The van der Waals surface area contributed by atoms with Gasteiger partial charge < -0.3 is 10.6 Å². The molecule has 2 heterocycles. The lowest BCUT2D eigenvalue weighted by Crippen LogP contribution is -2.54. The van der Waals surface area contributed by atoms with Gasteiger partial charge in [0.2, 0.25) is 17.7 Å². The SMILES string of the molecule is Cc1cc(CNC(=O)[C@H]2CC[C@H](Nc3cccc4c3C(=O)N(C3CCC(=O)NC3=O)C4=O)CC2)cc(C)c1C. The maximum Gasteiger partial charge on any atom is 0.264 e. The first-order chi connectivity index (χ1) is 18.6. The van der Waals surface area contributed by atoms with E-state index < -0.39 is 29.7 Å². The zero-order valence-electron chi connectivity index (χ0n) is 22.6. The van der Waals surface area contributed by atoms with Crippen LogP contribution in [0.25, 0.3) is 0 Å².